The zero-order valence-corrected chi connectivity index (χ0v) is 13.2. The van der Waals surface area contributed by atoms with Crippen LogP contribution in [-0.4, -0.2) is 16.5 Å². The summed E-state index contributed by atoms with van der Waals surface area (Å²) >= 11 is 6.15. The molecule has 21 heavy (non-hydrogen) atoms. The molecule has 2 aromatic rings. The van der Waals surface area contributed by atoms with Crippen molar-refractivity contribution in [3.63, 3.8) is 0 Å². The monoisotopic (exact) mass is 304 g/mol. The minimum atomic E-state index is 0.653. The molecule has 5 heteroatoms. The number of hydrogen-bond donors (Lipinski definition) is 2. The molecule has 0 spiro atoms. The first-order valence-corrected chi connectivity index (χ1v) is 7.68. The van der Waals surface area contributed by atoms with E-state index >= 15 is 0 Å². The maximum Gasteiger partial charge on any atom is 0.224 e. The second kappa shape index (κ2) is 7.84. The Balaban J connectivity index is 2.06. The van der Waals surface area contributed by atoms with Gasteiger partial charge in [0, 0.05) is 18.3 Å². The second-order valence-corrected chi connectivity index (χ2v) is 5.36. The van der Waals surface area contributed by atoms with Gasteiger partial charge in [0.05, 0.1) is 10.7 Å². The number of hydrogen-bond acceptors (Lipinski definition) is 4. The van der Waals surface area contributed by atoms with Crippen LogP contribution in [-0.2, 0) is 0 Å². The molecule has 0 bridgehead atoms. The van der Waals surface area contributed by atoms with E-state index in [1.165, 1.54) is 12.8 Å². The van der Waals surface area contributed by atoms with Crippen molar-refractivity contribution in [2.24, 2.45) is 0 Å². The standard InChI is InChI=1S/C16H21ClN4/c1-3-4-7-10-18-16-19-12(2)11-15(21-16)20-14-9-6-5-8-13(14)17/h5-6,8-9,11H,3-4,7,10H2,1-2H3,(H2,18,19,20,21). The highest BCUT2D eigenvalue weighted by atomic mass is 35.5. The van der Waals surface area contributed by atoms with Gasteiger partial charge in [-0.2, -0.15) is 4.98 Å². The topological polar surface area (TPSA) is 49.8 Å². The molecule has 1 heterocycles. The fourth-order valence-corrected chi connectivity index (χ4v) is 2.17. The summed E-state index contributed by atoms with van der Waals surface area (Å²) in [6.07, 6.45) is 3.54. The summed E-state index contributed by atoms with van der Waals surface area (Å²) < 4.78 is 0. The molecule has 0 amide bonds. The van der Waals surface area contributed by atoms with E-state index in [9.17, 15) is 0 Å². The van der Waals surface area contributed by atoms with E-state index < -0.39 is 0 Å². The lowest BCUT2D eigenvalue weighted by atomic mass is 10.2. The molecule has 0 aliphatic rings. The molecule has 1 aromatic heterocycles. The summed E-state index contributed by atoms with van der Waals surface area (Å²) in [6.45, 7) is 5.04. The predicted octanol–water partition coefficient (Wildman–Crippen LogP) is 4.78. The van der Waals surface area contributed by atoms with Gasteiger partial charge in [-0.1, -0.05) is 43.5 Å². The number of aromatic nitrogens is 2. The molecule has 0 radical (unpaired) electrons. The molecule has 0 fully saturated rings. The Bertz CT molecular complexity index is 586. The van der Waals surface area contributed by atoms with Crippen molar-refractivity contribution in [2.75, 3.05) is 17.2 Å². The first-order chi connectivity index (χ1) is 10.2. The number of aryl methyl sites for hydroxylation is 1. The molecule has 112 valence electrons. The summed E-state index contributed by atoms with van der Waals surface area (Å²) in [5.74, 6) is 1.40. The van der Waals surface area contributed by atoms with Crippen LogP contribution in [0.15, 0.2) is 30.3 Å². The largest absolute Gasteiger partial charge is 0.354 e. The number of nitrogens with one attached hydrogen (secondary N) is 2. The van der Waals surface area contributed by atoms with Gasteiger partial charge in [0.15, 0.2) is 0 Å². The molecule has 4 nitrogen and oxygen atoms in total. The van der Waals surface area contributed by atoms with E-state index in [0.717, 1.165) is 30.2 Å². The number of benzene rings is 1. The molecular weight excluding hydrogens is 284 g/mol. The normalized spacial score (nSPS) is 10.4. The van der Waals surface area contributed by atoms with Gasteiger partial charge in [0.25, 0.3) is 0 Å². The molecule has 0 saturated heterocycles. The fraction of sp³-hybridized carbons (Fsp3) is 0.375. The van der Waals surface area contributed by atoms with E-state index in [4.69, 9.17) is 11.6 Å². The van der Waals surface area contributed by atoms with Crippen molar-refractivity contribution in [3.8, 4) is 0 Å². The molecule has 1 aromatic carbocycles. The maximum absolute atomic E-state index is 6.15. The van der Waals surface area contributed by atoms with Gasteiger partial charge in [-0.05, 0) is 25.5 Å². The third-order valence-electron chi connectivity index (χ3n) is 3.05. The van der Waals surface area contributed by atoms with Crippen LogP contribution < -0.4 is 10.6 Å². The van der Waals surface area contributed by atoms with Crippen LogP contribution in [0.4, 0.5) is 17.5 Å². The van der Waals surface area contributed by atoms with Crippen LogP contribution >= 0.6 is 11.6 Å². The molecule has 0 saturated carbocycles. The first kappa shape index (κ1) is 15.6. The molecule has 0 atom stereocenters. The average Bonchev–Trinajstić information content (AvgIpc) is 2.46. The smallest absolute Gasteiger partial charge is 0.224 e. The van der Waals surface area contributed by atoms with Crippen LogP contribution in [0, 0.1) is 6.92 Å². The Hall–Kier alpha value is -1.81. The van der Waals surface area contributed by atoms with Crippen LogP contribution in [0.3, 0.4) is 0 Å². The quantitative estimate of drug-likeness (QED) is 0.722. The molecule has 2 N–H and O–H groups in total. The van der Waals surface area contributed by atoms with Gasteiger partial charge >= 0.3 is 0 Å². The van der Waals surface area contributed by atoms with Gasteiger partial charge in [-0.3, -0.25) is 0 Å². The zero-order valence-electron chi connectivity index (χ0n) is 12.5. The van der Waals surface area contributed by atoms with Crippen molar-refractivity contribution < 1.29 is 0 Å². The van der Waals surface area contributed by atoms with Gasteiger partial charge in [-0.15, -0.1) is 0 Å². The van der Waals surface area contributed by atoms with Crippen LogP contribution in [0.2, 0.25) is 5.02 Å². The number of halogens is 1. The molecular formula is C16H21ClN4. The Labute approximate surface area is 131 Å². The van der Waals surface area contributed by atoms with E-state index in [1.54, 1.807) is 0 Å². The number of para-hydroxylation sites is 1. The molecule has 0 aliphatic heterocycles. The summed E-state index contributed by atoms with van der Waals surface area (Å²) in [4.78, 5) is 8.88. The van der Waals surface area contributed by atoms with Crippen LogP contribution in [0.25, 0.3) is 0 Å². The van der Waals surface area contributed by atoms with E-state index in [-0.39, 0.29) is 0 Å². The van der Waals surface area contributed by atoms with E-state index in [1.807, 2.05) is 37.3 Å². The Morgan fingerprint density at radius 2 is 1.95 bits per heavy atom. The highest BCUT2D eigenvalue weighted by Crippen LogP contribution is 2.24. The van der Waals surface area contributed by atoms with Crippen LogP contribution in [0.5, 0.6) is 0 Å². The Morgan fingerprint density at radius 1 is 1.14 bits per heavy atom. The van der Waals surface area contributed by atoms with Gasteiger partial charge in [-0.25, -0.2) is 4.98 Å². The minimum absolute atomic E-state index is 0.653. The minimum Gasteiger partial charge on any atom is -0.354 e. The average molecular weight is 305 g/mol. The van der Waals surface area contributed by atoms with Crippen molar-refractivity contribution in [1.82, 2.24) is 9.97 Å². The highest BCUT2D eigenvalue weighted by molar-refractivity contribution is 6.33. The third-order valence-corrected chi connectivity index (χ3v) is 3.38. The fourth-order valence-electron chi connectivity index (χ4n) is 1.99. The van der Waals surface area contributed by atoms with Gasteiger partial charge in [0.1, 0.15) is 5.82 Å². The summed E-state index contributed by atoms with van der Waals surface area (Å²) in [5.41, 5.74) is 1.76. The zero-order chi connectivity index (χ0) is 15.1. The number of anilines is 3. The number of unbranched alkanes of at least 4 members (excludes halogenated alkanes) is 2. The van der Waals surface area contributed by atoms with Crippen molar-refractivity contribution in [2.45, 2.75) is 33.1 Å². The SMILES string of the molecule is CCCCCNc1nc(C)cc(Nc2ccccc2Cl)n1. The molecule has 2 rings (SSSR count). The molecule has 0 unspecified atom stereocenters. The van der Waals surface area contributed by atoms with E-state index in [2.05, 4.69) is 27.5 Å². The Kier molecular flexibility index (Phi) is 5.81. The van der Waals surface area contributed by atoms with Crippen molar-refractivity contribution in [3.05, 3.63) is 41.0 Å². The third kappa shape index (κ3) is 4.90. The number of rotatable bonds is 7. The maximum atomic E-state index is 6.15. The summed E-state index contributed by atoms with van der Waals surface area (Å²) in [5, 5.41) is 7.17. The first-order valence-electron chi connectivity index (χ1n) is 7.30. The van der Waals surface area contributed by atoms with Gasteiger partial charge in [0.2, 0.25) is 5.95 Å². The van der Waals surface area contributed by atoms with Crippen LogP contribution in [0.1, 0.15) is 31.9 Å². The second-order valence-electron chi connectivity index (χ2n) is 4.96. The summed E-state index contributed by atoms with van der Waals surface area (Å²) in [7, 11) is 0. The van der Waals surface area contributed by atoms with Crippen molar-refractivity contribution >= 4 is 29.1 Å². The highest BCUT2D eigenvalue weighted by Gasteiger charge is 2.04. The van der Waals surface area contributed by atoms with Gasteiger partial charge < -0.3 is 10.6 Å². The Morgan fingerprint density at radius 3 is 2.71 bits per heavy atom. The lowest BCUT2D eigenvalue weighted by Gasteiger charge is -2.10. The lowest BCUT2D eigenvalue weighted by Crippen LogP contribution is -2.07. The summed E-state index contributed by atoms with van der Waals surface area (Å²) in [6, 6.07) is 9.52. The predicted molar refractivity (Wildman–Crippen MR) is 89.5 cm³/mol. The van der Waals surface area contributed by atoms with Crippen molar-refractivity contribution in [1.29, 1.82) is 0 Å². The number of nitrogens with zero attached hydrogens (tertiary/aromatic N) is 2. The lowest BCUT2D eigenvalue weighted by molar-refractivity contribution is 0.740. The molecule has 0 aliphatic carbocycles. The van der Waals surface area contributed by atoms with E-state index in [0.29, 0.717) is 11.0 Å².